The van der Waals surface area contributed by atoms with E-state index in [-0.39, 0.29) is 11.3 Å². The van der Waals surface area contributed by atoms with E-state index in [4.69, 9.17) is 5.41 Å². The van der Waals surface area contributed by atoms with E-state index in [0.29, 0.717) is 11.1 Å². The van der Waals surface area contributed by atoms with Gasteiger partial charge in [-0.1, -0.05) is 66.2 Å². The fourth-order valence-corrected chi connectivity index (χ4v) is 2.67. The molecule has 0 atom stereocenters. The van der Waals surface area contributed by atoms with Crippen LogP contribution in [0.5, 0.6) is 0 Å². The van der Waals surface area contributed by atoms with Gasteiger partial charge in [-0.3, -0.25) is 5.41 Å². The van der Waals surface area contributed by atoms with E-state index in [9.17, 15) is 13.2 Å². The van der Waals surface area contributed by atoms with Crippen LogP contribution in [0.25, 0.3) is 11.1 Å². The zero-order chi connectivity index (χ0) is 18.0. The van der Waals surface area contributed by atoms with Crippen LogP contribution in [-0.4, -0.2) is 5.71 Å². The molecule has 1 N–H and O–H groups in total. The molecule has 0 bridgehead atoms. The molecule has 4 heteroatoms. The fourth-order valence-electron chi connectivity index (χ4n) is 2.67. The molecule has 0 aliphatic carbocycles. The molecular weight excluding hydrogens is 323 g/mol. The zero-order valence-corrected chi connectivity index (χ0v) is 13.6. The van der Waals surface area contributed by atoms with Crippen molar-refractivity contribution in [2.75, 3.05) is 0 Å². The summed E-state index contributed by atoms with van der Waals surface area (Å²) in [5.41, 5.74) is 2.60. The molecule has 0 radical (unpaired) electrons. The van der Waals surface area contributed by atoms with Gasteiger partial charge in [0.05, 0.1) is 11.3 Å². The summed E-state index contributed by atoms with van der Waals surface area (Å²) in [6.45, 7) is 1.92. The summed E-state index contributed by atoms with van der Waals surface area (Å²) in [7, 11) is 0. The Morgan fingerprint density at radius 3 is 2.08 bits per heavy atom. The van der Waals surface area contributed by atoms with Gasteiger partial charge in [-0.15, -0.1) is 0 Å². The minimum Gasteiger partial charge on any atom is -0.300 e. The molecular formula is C21H16F3N. The van der Waals surface area contributed by atoms with Crippen LogP contribution in [0.2, 0.25) is 0 Å². The summed E-state index contributed by atoms with van der Waals surface area (Å²) >= 11 is 0. The largest absolute Gasteiger partial charge is 0.416 e. The number of halogens is 3. The van der Waals surface area contributed by atoms with Crippen molar-refractivity contribution in [1.29, 1.82) is 5.41 Å². The molecule has 0 saturated heterocycles. The van der Waals surface area contributed by atoms with Crippen molar-refractivity contribution in [2.45, 2.75) is 13.1 Å². The molecule has 25 heavy (non-hydrogen) atoms. The summed E-state index contributed by atoms with van der Waals surface area (Å²) < 4.78 is 39.5. The van der Waals surface area contributed by atoms with Gasteiger partial charge in [0.15, 0.2) is 0 Å². The van der Waals surface area contributed by atoms with E-state index in [0.717, 1.165) is 23.3 Å². The normalized spacial score (nSPS) is 11.4. The van der Waals surface area contributed by atoms with Crippen molar-refractivity contribution >= 4 is 5.71 Å². The third kappa shape index (κ3) is 3.63. The maximum atomic E-state index is 13.2. The second-order valence-electron chi connectivity index (χ2n) is 5.87. The van der Waals surface area contributed by atoms with Crippen LogP contribution in [0.4, 0.5) is 13.2 Å². The van der Waals surface area contributed by atoms with Crippen LogP contribution in [0, 0.1) is 12.3 Å². The number of nitrogens with one attached hydrogen (secondary N) is 1. The van der Waals surface area contributed by atoms with Crippen LogP contribution in [-0.2, 0) is 6.18 Å². The van der Waals surface area contributed by atoms with Gasteiger partial charge in [-0.25, -0.2) is 0 Å². The maximum absolute atomic E-state index is 13.2. The first-order valence-corrected chi connectivity index (χ1v) is 7.79. The lowest BCUT2D eigenvalue weighted by molar-refractivity contribution is -0.137. The van der Waals surface area contributed by atoms with E-state index < -0.39 is 11.7 Å². The molecule has 0 heterocycles. The smallest absolute Gasteiger partial charge is 0.300 e. The van der Waals surface area contributed by atoms with E-state index in [1.165, 1.54) is 6.07 Å². The monoisotopic (exact) mass is 339 g/mol. The predicted molar refractivity (Wildman–Crippen MR) is 94.0 cm³/mol. The summed E-state index contributed by atoms with van der Waals surface area (Å²) in [6.07, 6.45) is -4.45. The summed E-state index contributed by atoms with van der Waals surface area (Å²) in [5.74, 6) is 0. The molecule has 0 saturated carbocycles. The molecule has 0 aromatic heterocycles. The number of hydrogen-bond acceptors (Lipinski definition) is 1. The Labute approximate surface area is 144 Å². The lowest BCUT2D eigenvalue weighted by Gasteiger charge is -2.15. The zero-order valence-electron chi connectivity index (χ0n) is 13.6. The Bertz CT molecular complexity index is 895. The van der Waals surface area contributed by atoms with E-state index in [1.54, 1.807) is 12.1 Å². The van der Waals surface area contributed by atoms with Gasteiger partial charge < -0.3 is 0 Å². The van der Waals surface area contributed by atoms with Crippen molar-refractivity contribution in [2.24, 2.45) is 0 Å². The molecule has 0 aliphatic rings. The van der Waals surface area contributed by atoms with Crippen LogP contribution in [0.3, 0.4) is 0 Å². The lowest BCUT2D eigenvalue weighted by Crippen LogP contribution is -2.10. The number of rotatable bonds is 3. The Hall–Kier alpha value is -2.88. The highest BCUT2D eigenvalue weighted by Gasteiger charge is 2.31. The lowest BCUT2D eigenvalue weighted by atomic mass is 9.91. The first kappa shape index (κ1) is 17.0. The van der Waals surface area contributed by atoms with Crippen LogP contribution >= 0.6 is 0 Å². The Morgan fingerprint density at radius 2 is 1.48 bits per heavy atom. The Kier molecular flexibility index (Phi) is 4.45. The quantitative estimate of drug-likeness (QED) is 0.558. The van der Waals surface area contributed by atoms with Gasteiger partial charge in [0, 0.05) is 11.1 Å². The van der Waals surface area contributed by atoms with Gasteiger partial charge >= 0.3 is 6.18 Å². The van der Waals surface area contributed by atoms with Crippen molar-refractivity contribution in [3.05, 3.63) is 95.1 Å². The molecule has 1 nitrogen and oxygen atoms in total. The number of hydrogen-bond donors (Lipinski definition) is 1. The van der Waals surface area contributed by atoms with Gasteiger partial charge in [0.25, 0.3) is 0 Å². The molecule has 3 rings (SSSR count). The molecule has 0 unspecified atom stereocenters. The average molecular weight is 339 g/mol. The third-order valence-electron chi connectivity index (χ3n) is 4.04. The van der Waals surface area contributed by atoms with Gasteiger partial charge in [-0.2, -0.15) is 13.2 Å². The minimum absolute atomic E-state index is 0.0740. The van der Waals surface area contributed by atoms with Crippen molar-refractivity contribution in [1.82, 2.24) is 0 Å². The maximum Gasteiger partial charge on any atom is 0.416 e. The van der Waals surface area contributed by atoms with Gasteiger partial charge in [0.1, 0.15) is 0 Å². The van der Waals surface area contributed by atoms with Crippen LogP contribution in [0.15, 0.2) is 72.8 Å². The first-order chi connectivity index (χ1) is 11.9. The van der Waals surface area contributed by atoms with E-state index in [1.807, 2.05) is 49.4 Å². The Morgan fingerprint density at radius 1 is 0.840 bits per heavy atom. The topological polar surface area (TPSA) is 23.9 Å². The fraction of sp³-hybridized carbons (Fsp3) is 0.0952. The highest BCUT2D eigenvalue weighted by Crippen LogP contribution is 2.34. The SMILES string of the molecule is Cc1ccc(C(=N)c2cc(C(F)(F)F)ccc2-c2ccccc2)cc1. The van der Waals surface area contributed by atoms with Gasteiger partial charge in [-0.05, 0) is 30.2 Å². The minimum atomic E-state index is -4.45. The predicted octanol–water partition coefficient (Wildman–Crippen LogP) is 6.10. The van der Waals surface area contributed by atoms with Crippen molar-refractivity contribution in [3.8, 4) is 11.1 Å². The number of benzene rings is 3. The Balaban J connectivity index is 2.17. The average Bonchev–Trinajstić information content (AvgIpc) is 2.61. The second-order valence-corrected chi connectivity index (χ2v) is 5.87. The molecule has 0 amide bonds. The standard InChI is InChI=1S/C21H16F3N/c1-14-7-9-16(10-8-14)20(25)19-13-17(21(22,23)24)11-12-18(19)15-5-3-2-4-6-15/h2-13,25H,1H3. The van der Waals surface area contributed by atoms with Crippen LogP contribution in [0.1, 0.15) is 22.3 Å². The second kappa shape index (κ2) is 6.55. The highest BCUT2D eigenvalue weighted by atomic mass is 19.4. The molecule has 0 spiro atoms. The molecule has 0 fully saturated rings. The number of alkyl halides is 3. The summed E-state index contributed by atoms with van der Waals surface area (Å²) in [4.78, 5) is 0. The molecule has 3 aromatic rings. The first-order valence-electron chi connectivity index (χ1n) is 7.79. The highest BCUT2D eigenvalue weighted by molar-refractivity contribution is 6.14. The third-order valence-corrected chi connectivity index (χ3v) is 4.04. The van der Waals surface area contributed by atoms with Gasteiger partial charge in [0.2, 0.25) is 0 Å². The molecule has 3 aromatic carbocycles. The van der Waals surface area contributed by atoms with E-state index in [2.05, 4.69) is 0 Å². The van der Waals surface area contributed by atoms with Crippen LogP contribution < -0.4 is 0 Å². The molecule has 126 valence electrons. The summed E-state index contributed by atoms with van der Waals surface area (Å²) in [5, 5.41) is 8.47. The van der Waals surface area contributed by atoms with Crippen molar-refractivity contribution in [3.63, 3.8) is 0 Å². The van der Waals surface area contributed by atoms with E-state index >= 15 is 0 Å². The molecule has 0 aliphatic heterocycles. The number of aryl methyl sites for hydroxylation is 1. The van der Waals surface area contributed by atoms with Crippen molar-refractivity contribution < 1.29 is 13.2 Å². The summed E-state index contributed by atoms with van der Waals surface area (Å²) in [6, 6.07) is 19.9.